The molecule has 14 nitrogen and oxygen atoms in total. The first-order valence-corrected chi connectivity index (χ1v) is 20.4. The zero-order valence-corrected chi connectivity index (χ0v) is 31.6. The average Bonchev–Trinajstić information content (AvgIpc) is 3.58. The molecule has 23 unspecified atom stereocenters. The van der Waals surface area contributed by atoms with Crippen molar-refractivity contribution < 1.29 is 69.3 Å². The Labute approximate surface area is 312 Å². The number of aliphatic hydroxyl groups excluding tert-OH is 8. The summed E-state index contributed by atoms with van der Waals surface area (Å²) in [6.45, 7) is 8.78. The van der Waals surface area contributed by atoms with Crippen LogP contribution in [-0.2, 0) is 28.4 Å². The van der Waals surface area contributed by atoms with Gasteiger partial charge < -0.3 is 69.3 Å². The second-order valence-corrected chi connectivity index (χ2v) is 18.8. The van der Waals surface area contributed by atoms with Crippen molar-refractivity contribution in [1.82, 2.24) is 0 Å². The summed E-state index contributed by atoms with van der Waals surface area (Å²) in [4.78, 5) is 0. The molecule has 0 amide bonds. The summed E-state index contributed by atoms with van der Waals surface area (Å²) in [5, 5.41) is 84.5. The molecule has 8 N–H and O–H groups in total. The van der Waals surface area contributed by atoms with E-state index in [0.29, 0.717) is 43.1 Å². The Morgan fingerprint density at radius 1 is 0.717 bits per heavy atom. The van der Waals surface area contributed by atoms with Crippen molar-refractivity contribution in [2.24, 2.45) is 52.3 Å². The van der Waals surface area contributed by atoms with Crippen LogP contribution in [0.3, 0.4) is 0 Å². The van der Waals surface area contributed by atoms with Gasteiger partial charge >= 0.3 is 0 Å². The van der Waals surface area contributed by atoms with Gasteiger partial charge in [0.1, 0.15) is 42.7 Å². The summed E-state index contributed by atoms with van der Waals surface area (Å²) >= 11 is 0. The van der Waals surface area contributed by atoms with E-state index < -0.39 is 86.0 Å². The van der Waals surface area contributed by atoms with Crippen LogP contribution < -0.4 is 0 Å². The van der Waals surface area contributed by atoms with Gasteiger partial charge in [-0.15, -0.1) is 0 Å². The first-order valence-electron chi connectivity index (χ1n) is 20.4. The molecule has 0 radical (unpaired) electrons. The number of aliphatic hydroxyl groups is 8. The molecule has 53 heavy (non-hydrogen) atoms. The first kappa shape index (κ1) is 39.3. The minimum Gasteiger partial charge on any atom is -0.396 e. The molecule has 4 saturated carbocycles. The van der Waals surface area contributed by atoms with Crippen molar-refractivity contribution in [2.75, 3.05) is 19.8 Å². The molecule has 1 spiro atoms. The van der Waals surface area contributed by atoms with Gasteiger partial charge in [-0.1, -0.05) is 20.8 Å². The van der Waals surface area contributed by atoms with Crippen LogP contribution in [0.4, 0.5) is 0 Å². The number of hydrogen-bond donors (Lipinski definition) is 8. The number of fused-ring (bicyclic) bond motifs is 7. The topological polar surface area (TPSA) is 217 Å². The van der Waals surface area contributed by atoms with Crippen LogP contribution in [0.15, 0.2) is 0 Å². The van der Waals surface area contributed by atoms with E-state index in [1.54, 1.807) is 0 Å². The van der Waals surface area contributed by atoms with Gasteiger partial charge in [0.25, 0.3) is 0 Å². The zero-order chi connectivity index (χ0) is 37.8. The van der Waals surface area contributed by atoms with Gasteiger partial charge in [0, 0.05) is 24.9 Å². The minimum atomic E-state index is -1.66. The molecule has 8 rings (SSSR count). The quantitative estimate of drug-likeness (QED) is 0.173. The summed E-state index contributed by atoms with van der Waals surface area (Å²) in [6, 6.07) is 0. The molecule has 8 aliphatic rings. The summed E-state index contributed by atoms with van der Waals surface area (Å²) < 4.78 is 37.3. The van der Waals surface area contributed by atoms with E-state index >= 15 is 0 Å². The van der Waals surface area contributed by atoms with Crippen molar-refractivity contribution in [3.8, 4) is 0 Å². The second kappa shape index (κ2) is 14.4. The van der Waals surface area contributed by atoms with Gasteiger partial charge in [-0.3, -0.25) is 0 Å². The molecule has 8 fully saturated rings. The molecule has 4 aliphatic heterocycles. The predicted molar refractivity (Wildman–Crippen MR) is 184 cm³/mol. The summed E-state index contributed by atoms with van der Waals surface area (Å²) in [7, 11) is 0. The summed E-state index contributed by atoms with van der Waals surface area (Å²) in [5.41, 5.74) is 0.0398. The summed E-state index contributed by atoms with van der Waals surface area (Å²) in [5.74, 6) is 2.13. The van der Waals surface area contributed by atoms with Crippen molar-refractivity contribution in [3.05, 3.63) is 0 Å². The van der Waals surface area contributed by atoms with E-state index in [0.717, 1.165) is 44.9 Å². The van der Waals surface area contributed by atoms with Crippen LogP contribution >= 0.6 is 0 Å². The highest BCUT2D eigenvalue weighted by molar-refractivity contribution is 5.16. The molecule has 0 aromatic rings. The molecular formula is C39H64O14. The van der Waals surface area contributed by atoms with Crippen LogP contribution in [0.1, 0.15) is 85.5 Å². The lowest BCUT2D eigenvalue weighted by molar-refractivity contribution is -0.374. The minimum absolute atomic E-state index is 0.111. The van der Waals surface area contributed by atoms with Crippen LogP contribution in [0.25, 0.3) is 0 Å². The predicted octanol–water partition coefficient (Wildman–Crippen LogP) is 0.413. The molecule has 0 aromatic carbocycles. The first-order chi connectivity index (χ1) is 25.2. The normalized spacial score (nSPS) is 59.5. The Kier molecular flexibility index (Phi) is 10.6. The SMILES string of the molecule is CC1OC(OC2C(OC3CC4CCC5C(CCC6(C)C5CC5OC7(CCC(CO)CO7)C(C)C56)C4(C)CC3O)OC(CO)C(O)C2O)C(O)C(O)C1O. The van der Waals surface area contributed by atoms with E-state index in [1.165, 1.54) is 6.92 Å². The van der Waals surface area contributed by atoms with Crippen LogP contribution in [0.5, 0.6) is 0 Å². The standard InChI is InChI=1S/C39H64O14/c1-17-28-26(53-39(17)10-7-19(14-40)16-48-39)12-23-21-6-5-20-11-25(24(42)13-38(20,4)22(21)8-9-37(23,28)3)50-36-34(32(46)30(44)27(15-41)51-36)52-35-33(47)31(45)29(43)18(2)49-35/h17-36,40-47H,5-16H2,1-4H3. The molecule has 0 aromatic heterocycles. The number of hydrogen-bond acceptors (Lipinski definition) is 14. The Bertz CT molecular complexity index is 1300. The third-order valence-electron chi connectivity index (χ3n) is 16.3. The highest BCUT2D eigenvalue weighted by Crippen LogP contribution is 2.71. The van der Waals surface area contributed by atoms with E-state index in [4.69, 9.17) is 28.4 Å². The molecule has 4 saturated heterocycles. The molecule has 4 aliphatic carbocycles. The molecule has 14 heteroatoms. The maximum atomic E-state index is 11.8. The van der Waals surface area contributed by atoms with Crippen molar-refractivity contribution >= 4 is 0 Å². The van der Waals surface area contributed by atoms with Crippen molar-refractivity contribution in [1.29, 1.82) is 0 Å². The molecule has 23 atom stereocenters. The Morgan fingerprint density at radius 3 is 2.19 bits per heavy atom. The number of rotatable bonds is 6. The highest BCUT2D eigenvalue weighted by Gasteiger charge is 2.69. The van der Waals surface area contributed by atoms with E-state index in [9.17, 15) is 40.9 Å². The van der Waals surface area contributed by atoms with Crippen LogP contribution in [0.2, 0.25) is 0 Å². The van der Waals surface area contributed by atoms with Gasteiger partial charge in [-0.25, -0.2) is 0 Å². The van der Waals surface area contributed by atoms with E-state index in [2.05, 4.69) is 20.8 Å². The molecule has 0 bridgehead atoms. The average molecular weight is 757 g/mol. The third kappa shape index (κ3) is 6.20. The zero-order valence-electron chi connectivity index (χ0n) is 31.6. The second-order valence-electron chi connectivity index (χ2n) is 18.8. The Morgan fingerprint density at radius 2 is 1.49 bits per heavy atom. The van der Waals surface area contributed by atoms with Gasteiger partial charge in [-0.05, 0) is 98.7 Å². The fraction of sp³-hybridized carbons (Fsp3) is 1.00. The van der Waals surface area contributed by atoms with Gasteiger partial charge in [-0.2, -0.15) is 0 Å². The van der Waals surface area contributed by atoms with E-state index in [1.807, 2.05) is 0 Å². The van der Waals surface area contributed by atoms with Gasteiger partial charge in [0.2, 0.25) is 0 Å². The lowest BCUT2D eigenvalue weighted by atomic mass is 9.44. The van der Waals surface area contributed by atoms with Crippen molar-refractivity contribution in [2.45, 2.75) is 171 Å². The third-order valence-corrected chi connectivity index (χ3v) is 16.3. The fourth-order valence-electron chi connectivity index (χ4n) is 13.3. The monoisotopic (exact) mass is 756 g/mol. The van der Waals surface area contributed by atoms with Crippen LogP contribution in [-0.4, -0.2) is 146 Å². The fourth-order valence-corrected chi connectivity index (χ4v) is 13.3. The highest BCUT2D eigenvalue weighted by atomic mass is 16.8. The van der Waals surface area contributed by atoms with E-state index in [-0.39, 0.29) is 41.3 Å². The maximum absolute atomic E-state index is 11.8. The largest absolute Gasteiger partial charge is 0.396 e. The molecule has 4 heterocycles. The van der Waals surface area contributed by atoms with Crippen molar-refractivity contribution in [3.63, 3.8) is 0 Å². The lowest BCUT2D eigenvalue weighted by Crippen LogP contribution is -2.65. The van der Waals surface area contributed by atoms with Gasteiger partial charge in [0.05, 0.1) is 37.6 Å². The maximum Gasteiger partial charge on any atom is 0.187 e. The Balaban J connectivity index is 0.956. The smallest absolute Gasteiger partial charge is 0.187 e. The molecule has 304 valence electrons. The number of ether oxygens (including phenoxy) is 6. The van der Waals surface area contributed by atoms with Crippen LogP contribution in [0, 0.1) is 52.3 Å². The lowest BCUT2D eigenvalue weighted by Gasteiger charge is -2.62. The Hall–Kier alpha value is -0.560. The van der Waals surface area contributed by atoms with Gasteiger partial charge in [0.15, 0.2) is 18.4 Å². The molecular weight excluding hydrogens is 692 g/mol. The summed E-state index contributed by atoms with van der Waals surface area (Å²) in [6.07, 6.45) is -7.28.